The van der Waals surface area contributed by atoms with Gasteiger partial charge in [0.15, 0.2) is 0 Å². The first-order chi connectivity index (χ1) is 12.2. The smallest absolute Gasteiger partial charge is 0.317 e. The number of para-hydroxylation sites is 1. The van der Waals surface area contributed by atoms with E-state index in [1.165, 1.54) is 10.9 Å². The lowest BCUT2D eigenvalue weighted by molar-refractivity contribution is -0.120. The largest absolute Gasteiger partial charge is 0.357 e. The zero-order valence-corrected chi connectivity index (χ0v) is 14.7. The second-order valence-electron chi connectivity index (χ2n) is 6.48. The van der Waals surface area contributed by atoms with Crippen molar-refractivity contribution in [1.82, 2.24) is 20.5 Å². The topological polar surface area (TPSA) is 77.2 Å². The van der Waals surface area contributed by atoms with Crippen LogP contribution in [0.15, 0.2) is 24.3 Å². The van der Waals surface area contributed by atoms with Gasteiger partial charge in [-0.15, -0.1) is 0 Å². The van der Waals surface area contributed by atoms with Crippen LogP contribution in [0.3, 0.4) is 0 Å². The molecule has 0 aliphatic carbocycles. The van der Waals surface area contributed by atoms with Crippen molar-refractivity contribution in [2.45, 2.75) is 39.2 Å². The maximum absolute atomic E-state index is 12.3. The Bertz CT molecular complexity index is 753. The van der Waals surface area contributed by atoms with Crippen LogP contribution in [0.4, 0.5) is 4.79 Å². The Hall–Kier alpha value is -2.50. The number of amides is 3. The number of aromatic amines is 1. The fourth-order valence-electron chi connectivity index (χ4n) is 3.25. The Morgan fingerprint density at radius 1 is 1.20 bits per heavy atom. The molecule has 25 heavy (non-hydrogen) atoms. The molecule has 134 valence electrons. The highest BCUT2D eigenvalue weighted by Gasteiger charge is 2.23. The van der Waals surface area contributed by atoms with Gasteiger partial charge in [0.1, 0.15) is 0 Å². The van der Waals surface area contributed by atoms with Crippen molar-refractivity contribution in [3.63, 3.8) is 0 Å². The molecule has 6 heteroatoms. The number of urea groups is 1. The first-order valence-electron chi connectivity index (χ1n) is 9.07. The van der Waals surface area contributed by atoms with Gasteiger partial charge in [-0.1, -0.05) is 31.5 Å². The molecule has 1 aliphatic heterocycles. The van der Waals surface area contributed by atoms with Crippen LogP contribution in [-0.2, 0) is 17.8 Å². The van der Waals surface area contributed by atoms with E-state index >= 15 is 0 Å². The van der Waals surface area contributed by atoms with Crippen molar-refractivity contribution >= 4 is 22.8 Å². The van der Waals surface area contributed by atoms with Gasteiger partial charge < -0.3 is 20.5 Å². The number of fused-ring (bicyclic) bond motifs is 3. The van der Waals surface area contributed by atoms with E-state index in [1.54, 1.807) is 4.90 Å². The molecule has 0 saturated heterocycles. The zero-order chi connectivity index (χ0) is 17.6. The molecule has 2 aromatic rings. The molecule has 3 amide bonds. The van der Waals surface area contributed by atoms with E-state index in [-0.39, 0.29) is 11.9 Å². The summed E-state index contributed by atoms with van der Waals surface area (Å²) < 4.78 is 0. The number of unbranched alkanes of at least 4 members (excludes halogenated alkanes) is 1. The minimum Gasteiger partial charge on any atom is -0.357 e. The quantitative estimate of drug-likeness (QED) is 0.706. The summed E-state index contributed by atoms with van der Waals surface area (Å²) in [5.41, 5.74) is 3.55. The highest BCUT2D eigenvalue weighted by atomic mass is 16.2. The van der Waals surface area contributed by atoms with Crippen molar-refractivity contribution in [3.8, 4) is 0 Å². The first-order valence-corrected chi connectivity index (χ1v) is 9.07. The normalized spacial score (nSPS) is 13.6. The zero-order valence-electron chi connectivity index (χ0n) is 14.7. The van der Waals surface area contributed by atoms with E-state index in [1.807, 2.05) is 12.1 Å². The summed E-state index contributed by atoms with van der Waals surface area (Å²) in [5, 5.41) is 6.96. The average molecular weight is 342 g/mol. The third-order valence-electron chi connectivity index (χ3n) is 4.65. The van der Waals surface area contributed by atoms with Gasteiger partial charge in [-0.3, -0.25) is 4.79 Å². The summed E-state index contributed by atoms with van der Waals surface area (Å²) in [6, 6.07) is 8.14. The highest BCUT2D eigenvalue weighted by Crippen LogP contribution is 2.27. The molecule has 3 rings (SSSR count). The van der Waals surface area contributed by atoms with Gasteiger partial charge >= 0.3 is 6.03 Å². The number of aromatic nitrogens is 1. The monoisotopic (exact) mass is 342 g/mol. The summed E-state index contributed by atoms with van der Waals surface area (Å²) in [6.45, 7) is 4.44. The Kier molecular flexibility index (Phi) is 5.58. The Morgan fingerprint density at radius 2 is 2.04 bits per heavy atom. The molecule has 0 fully saturated rings. The maximum Gasteiger partial charge on any atom is 0.317 e. The number of nitrogens with zero attached hydrogens (tertiary/aromatic N) is 1. The second-order valence-corrected chi connectivity index (χ2v) is 6.48. The molecule has 0 bridgehead atoms. The summed E-state index contributed by atoms with van der Waals surface area (Å²) in [5.74, 6) is -0.00898. The summed E-state index contributed by atoms with van der Waals surface area (Å²) >= 11 is 0. The van der Waals surface area contributed by atoms with Crippen molar-refractivity contribution in [2.75, 3.05) is 19.6 Å². The van der Waals surface area contributed by atoms with Crippen molar-refractivity contribution in [2.24, 2.45) is 0 Å². The highest BCUT2D eigenvalue weighted by molar-refractivity contribution is 5.85. The molecular formula is C19H26N4O2. The molecule has 0 spiro atoms. The standard InChI is InChI=1S/C19H26N4O2/c1-2-3-10-20-18(24)8-11-21-19(25)23-12-9-15-14-6-4-5-7-16(14)22-17(15)13-23/h4-7,22H,2-3,8-13H2,1H3,(H,20,24)(H,21,25). The van der Waals surface area contributed by atoms with Crippen LogP contribution in [0.1, 0.15) is 37.4 Å². The van der Waals surface area contributed by atoms with Gasteiger partial charge in [0.25, 0.3) is 0 Å². The van der Waals surface area contributed by atoms with Gasteiger partial charge in [0.05, 0.1) is 6.54 Å². The van der Waals surface area contributed by atoms with Crippen molar-refractivity contribution in [3.05, 3.63) is 35.5 Å². The molecule has 0 saturated carbocycles. The molecule has 1 aliphatic rings. The van der Waals surface area contributed by atoms with Crippen LogP contribution in [0, 0.1) is 0 Å². The fourth-order valence-corrected chi connectivity index (χ4v) is 3.25. The Labute approximate surface area is 148 Å². The lowest BCUT2D eigenvalue weighted by Gasteiger charge is -2.27. The molecule has 6 nitrogen and oxygen atoms in total. The summed E-state index contributed by atoms with van der Waals surface area (Å²) in [4.78, 5) is 29.2. The number of hydrogen-bond donors (Lipinski definition) is 3. The van der Waals surface area contributed by atoms with Gasteiger partial charge in [-0.05, 0) is 24.5 Å². The number of carbonyl (C=O) groups excluding carboxylic acids is 2. The molecule has 0 unspecified atom stereocenters. The van der Waals surface area contributed by atoms with Crippen LogP contribution in [0.2, 0.25) is 0 Å². The van der Waals surface area contributed by atoms with Crippen LogP contribution < -0.4 is 10.6 Å². The summed E-state index contributed by atoms with van der Waals surface area (Å²) in [7, 11) is 0. The predicted octanol–water partition coefficient (Wildman–Crippen LogP) is 2.54. The van der Waals surface area contributed by atoms with Crippen LogP contribution in [-0.4, -0.2) is 41.5 Å². The lowest BCUT2D eigenvalue weighted by Crippen LogP contribution is -2.43. The second kappa shape index (κ2) is 8.05. The number of H-pyrrole nitrogens is 1. The van der Waals surface area contributed by atoms with Gasteiger partial charge in [0.2, 0.25) is 5.91 Å². The number of benzene rings is 1. The predicted molar refractivity (Wildman–Crippen MR) is 98.3 cm³/mol. The average Bonchev–Trinajstić information content (AvgIpc) is 2.99. The van der Waals surface area contributed by atoms with Crippen LogP contribution >= 0.6 is 0 Å². The van der Waals surface area contributed by atoms with Crippen molar-refractivity contribution < 1.29 is 9.59 Å². The minimum absolute atomic E-state index is 0.00898. The first kappa shape index (κ1) is 17.3. The molecule has 0 radical (unpaired) electrons. The molecule has 1 aromatic carbocycles. The van der Waals surface area contributed by atoms with Crippen LogP contribution in [0.5, 0.6) is 0 Å². The lowest BCUT2D eigenvalue weighted by atomic mass is 10.0. The maximum atomic E-state index is 12.3. The number of nitrogens with one attached hydrogen (secondary N) is 3. The van der Waals surface area contributed by atoms with Crippen molar-refractivity contribution in [1.29, 1.82) is 0 Å². The Balaban J connectivity index is 1.48. The number of hydrogen-bond acceptors (Lipinski definition) is 2. The molecule has 3 N–H and O–H groups in total. The molecule has 2 heterocycles. The van der Waals surface area contributed by atoms with E-state index in [0.717, 1.165) is 30.5 Å². The van der Waals surface area contributed by atoms with E-state index in [9.17, 15) is 9.59 Å². The van der Waals surface area contributed by atoms with E-state index in [2.05, 4.69) is 34.7 Å². The van der Waals surface area contributed by atoms with Gasteiger partial charge in [-0.2, -0.15) is 0 Å². The minimum atomic E-state index is -0.106. The SMILES string of the molecule is CCCCNC(=O)CCNC(=O)N1CCc2c([nH]c3ccccc23)C1. The molecular weight excluding hydrogens is 316 g/mol. The van der Waals surface area contributed by atoms with Crippen LogP contribution in [0.25, 0.3) is 10.9 Å². The Morgan fingerprint density at radius 3 is 2.88 bits per heavy atom. The van der Waals surface area contributed by atoms with Gasteiger partial charge in [0, 0.05) is 42.7 Å². The third-order valence-corrected chi connectivity index (χ3v) is 4.65. The van der Waals surface area contributed by atoms with E-state index in [0.29, 0.717) is 32.6 Å². The molecule has 1 aromatic heterocycles. The third kappa shape index (κ3) is 4.13. The van der Waals surface area contributed by atoms with E-state index < -0.39 is 0 Å². The number of rotatable bonds is 6. The summed E-state index contributed by atoms with van der Waals surface area (Å²) in [6.07, 6.45) is 3.21. The van der Waals surface area contributed by atoms with Gasteiger partial charge in [-0.25, -0.2) is 4.79 Å². The van der Waals surface area contributed by atoms with E-state index in [4.69, 9.17) is 0 Å². The molecule has 0 atom stereocenters. The number of carbonyl (C=O) groups is 2. The fraction of sp³-hybridized carbons (Fsp3) is 0.474.